The highest BCUT2D eigenvalue weighted by molar-refractivity contribution is 5.94. The molecule has 6 nitrogen and oxygen atoms in total. The molecule has 0 radical (unpaired) electrons. The number of esters is 1. The molecule has 0 heterocycles. The quantitative estimate of drug-likeness (QED) is 0.290. The second kappa shape index (κ2) is 9.69. The number of aryl methyl sites for hydroxylation is 1. The maximum Gasteiger partial charge on any atom is 0.347 e. The maximum atomic E-state index is 12.2. The maximum absolute atomic E-state index is 12.2. The minimum absolute atomic E-state index is 0.0996. The van der Waals surface area contributed by atoms with Gasteiger partial charge in [-0.1, -0.05) is 6.07 Å². The zero-order valence-corrected chi connectivity index (χ0v) is 17.4. The van der Waals surface area contributed by atoms with Gasteiger partial charge >= 0.3 is 5.97 Å². The van der Waals surface area contributed by atoms with Gasteiger partial charge in [0.25, 0.3) is 0 Å². The number of aromatic hydroxyl groups is 1. The van der Waals surface area contributed by atoms with Crippen LogP contribution in [-0.4, -0.2) is 24.2 Å². The van der Waals surface area contributed by atoms with Crippen molar-refractivity contribution in [1.82, 2.24) is 0 Å². The van der Waals surface area contributed by atoms with Crippen LogP contribution in [0.2, 0.25) is 0 Å². The standard InChI is InChI=1S/C24H25N3O3/c1-4-27(5-2)20-11-7-18(8-12-20)25-26-19-9-13-21(14-10-19)30-24(29)22-15-6-17(3)16-23(22)28/h6-16,28H,4-5H2,1-3H3/b26-25+. The first-order chi connectivity index (χ1) is 14.5. The van der Waals surface area contributed by atoms with Crippen molar-refractivity contribution >= 4 is 23.0 Å². The van der Waals surface area contributed by atoms with Crippen LogP contribution >= 0.6 is 0 Å². The van der Waals surface area contributed by atoms with Crippen molar-refractivity contribution in [2.24, 2.45) is 10.2 Å². The molecule has 30 heavy (non-hydrogen) atoms. The first-order valence-electron chi connectivity index (χ1n) is 9.88. The topological polar surface area (TPSA) is 74.5 Å². The zero-order valence-electron chi connectivity index (χ0n) is 17.4. The highest BCUT2D eigenvalue weighted by Crippen LogP contribution is 2.25. The second-order valence-electron chi connectivity index (χ2n) is 6.79. The van der Waals surface area contributed by atoms with Gasteiger partial charge in [0, 0.05) is 18.8 Å². The number of carbonyl (C=O) groups is 1. The average molecular weight is 403 g/mol. The van der Waals surface area contributed by atoms with Crippen molar-refractivity contribution in [3.05, 3.63) is 77.9 Å². The van der Waals surface area contributed by atoms with Crippen LogP contribution in [0.15, 0.2) is 77.0 Å². The molecule has 6 heteroatoms. The van der Waals surface area contributed by atoms with E-state index in [-0.39, 0.29) is 11.3 Å². The molecule has 0 aliphatic rings. The Morgan fingerprint density at radius 2 is 1.47 bits per heavy atom. The number of phenols is 1. The molecule has 3 rings (SSSR count). The van der Waals surface area contributed by atoms with Crippen LogP contribution in [0.25, 0.3) is 0 Å². The highest BCUT2D eigenvalue weighted by atomic mass is 16.5. The van der Waals surface area contributed by atoms with Gasteiger partial charge in [-0.25, -0.2) is 4.79 Å². The molecule has 0 saturated heterocycles. The second-order valence-corrected chi connectivity index (χ2v) is 6.79. The number of nitrogens with zero attached hydrogens (tertiary/aromatic N) is 3. The van der Waals surface area contributed by atoms with Crippen LogP contribution < -0.4 is 9.64 Å². The van der Waals surface area contributed by atoms with E-state index in [1.165, 1.54) is 6.07 Å². The van der Waals surface area contributed by atoms with E-state index in [0.717, 1.165) is 30.0 Å². The van der Waals surface area contributed by atoms with Gasteiger partial charge in [0.05, 0.1) is 11.4 Å². The van der Waals surface area contributed by atoms with Crippen molar-refractivity contribution in [1.29, 1.82) is 0 Å². The predicted octanol–water partition coefficient (Wildman–Crippen LogP) is 6.18. The summed E-state index contributed by atoms with van der Waals surface area (Å²) in [6.07, 6.45) is 0. The number of hydrogen-bond donors (Lipinski definition) is 1. The van der Waals surface area contributed by atoms with Gasteiger partial charge < -0.3 is 14.7 Å². The Hall–Kier alpha value is -3.67. The Morgan fingerprint density at radius 3 is 2.00 bits per heavy atom. The molecule has 3 aromatic carbocycles. The fourth-order valence-electron chi connectivity index (χ4n) is 2.99. The lowest BCUT2D eigenvalue weighted by Gasteiger charge is -2.20. The summed E-state index contributed by atoms with van der Waals surface area (Å²) in [5.41, 5.74) is 3.54. The minimum atomic E-state index is -0.616. The van der Waals surface area contributed by atoms with Gasteiger partial charge in [-0.2, -0.15) is 10.2 Å². The molecule has 0 aliphatic carbocycles. The summed E-state index contributed by atoms with van der Waals surface area (Å²) in [6, 6.07) is 19.4. The van der Waals surface area contributed by atoms with Crippen LogP contribution in [0.5, 0.6) is 11.5 Å². The average Bonchev–Trinajstić information content (AvgIpc) is 2.75. The molecule has 154 valence electrons. The van der Waals surface area contributed by atoms with Crippen LogP contribution in [0, 0.1) is 6.92 Å². The number of rotatable bonds is 7. The van der Waals surface area contributed by atoms with E-state index in [2.05, 4.69) is 29.0 Å². The lowest BCUT2D eigenvalue weighted by molar-refractivity contribution is 0.0731. The number of hydrogen-bond acceptors (Lipinski definition) is 6. The Balaban J connectivity index is 1.63. The van der Waals surface area contributed by atoms with Gasteiger partial charge in [-0.3, -0.25) is 0 Å². The molecule has 3 aromatic rings. The number of azo groups is 1. The Morgan fingerprint density at radius 1 is 0.900 bits per heavy atom. The molecule has 0 saturated carbocycles. The molecule has 0 spiro atoms. The summed E-state index contributed by atoms with van der Waals surface area (Å²) < 4.78 is 5.32. The SMILES string of the molecule is CCN(CC)c1ccc(/N=N/c2ccc(OC(=O)c3ccc(C)cc3O)cc2)cc1. The molecule has 0 aliphatic heterocycles. The summed E-state index contributed by atoms with van der Waals surface area (Å²) in [7, 11) is 0. The van der Waals surface area contributed by atoms with Gasteiger partial charge in [-0.15, -0.1) is 0 Å². The van der Waals surface area contributed by atoms with E-state index >= 15 is 0 Å². The van der Waals surface area contributed by atoms with Crippen LogP contribution in [-0.2, 0) is 0 Å². The molecule has 0 unspecified atom stereocenters. The van der Waals surface area contributed by atoms with E-state index in [0.29, 0.717) is 11.4 Å². The molecule has 0 fully saturated rings. The Labute approximate surface area is 176 Å². The first kappa shape index (κ1) is 21.0. The van der Waals surface area contributed by atoms with E-state index in [4.69, 9.17) is 4.74 Å². The van der Waals surface area contributed by atoms with Crippen molar-refractivity contribution in [2.75, 3.05) is 18.0 Å². The number of benzene rings is 3. The molecule has 0 bridgehead atoms. The summed E-state index contributed by atoms with van der Waals surface area (Å²) in [4.78, 5) is 14.5. The van der Waals surface area contributed by atoms with Crippen LogP contribution in [0.4, 0.5) is 17.1 Å². The third kappa shape index (κ3) is 5.23. The van der Waals surface area contributed by atoms with Gasteiger partial charge in [0.1, 0.15) is 17.1 Å². The molecule has 1 N–H and O–H groups in total. The summed E-state index contributed by atoms with van der Waals surface area (Å²) in [5, 5.41) is 18.4. The van der Waals surface area contributed by atoms with Crippen LogP contribution in [0.3, 0.4) is 0 Å². The number of phenolic OH excluding ortho intramolecular Hbond substituents is 1. The van der Waals surface area contributed by atoms with E-state index in [9.17, 15) is 9.90 Å². The highest BCUT2D eigenvalue weighted by Gasteiger charge is 2.13. The Kier molecular flexibility index (Phi) is 6.80. The normalized spacial score (nSPS) is 10.9. The van der Waals surface area contributed by atoms with Crippen molar-refractivity contribution < 1.29 is 14.6 Å². The fourth-order valence-corrected chi connectivity index (χ4v) is 2.99. The van der Waals surface area contributed by atoms with E-state index < -0.39 is 5.97 Å². The molecule has 0 atom stereocenters. The lowest BCUT2D eigenvalue weighted by atomic mass is 10.1. The van der Waals surface area contributed by atoms with Gasteiger partial charge in [-0.05, 0) is 87.0 Å². The Bertz CT molecular complexity index is 1020. The molecular weight excluding hydrogens is 378 g/mol. The molecule has 0 amide bonds. The molecular formula is C24H25N3O3. The largest absolute Gasteiger partial charge is 0.507 e. The lowest BCUT2D eigenvalue weighted by Crippen LogP contribution is -2.21. The summed E-state index contributed by atoms with van der Waals surface area (Å²) >= 11 is 0. The predicted molar refractivity (Wildman–Crippen MR) is 118 cm³/mol. The monoisotopic (exact) mass is 403 g/mol. The van der Waals surface area contributed by atoms with Gasteiger partial charge in [0.15, 0.2) is 0 Å². The number of ether oxygens (including phenoxy) is 1. The van der Waals surface area contributed by atoms with Crippen LogP contribution in [0.1, 0.15) is 29.8 Å². The number of carbonyl (C=O) groups excluding carboxylic acids is 1. The van der Waals surface area contributed by atoms with Gasteiger partial charge in [0.2, 0.25) is 0 Å². The van der Waals surface area contributed by atoms with Crippen molar-refractivity contribution in [3.63, 3.8) is 0 Å². The third-order valence-corrected chi connectivity index (χ3v) is 4.68. The first-order valence-corrected chi connectivity index (χ1v) is 9.88. The minimum Gasteiger partial charge on any atom is -0.507 e. The number of anilines is 1. The summed E-state index contributed by atoms with van der Waals surface area (Å²) in [5.74, 6) is -0.352. The zero-order chi connectivity index (χ0) is 21.5. The summed E-state index contributed by atoms with van der Waals surface area (Å²) in [6.45, 7) is 8.00. The van der Waals surface area contributed by atoms with Crippen molar-refractivity contribution in [2.45, 2.75) is 20.8 Å². The smallest absolute Gasteiger partial charge is 0.347 e. The molecule has 0 aromatic heterocycles. The van der Waals surface area contributed by atoms with E-state index in [1.807, 2.05) is 31.2 Å². The third-order valence-electron chi connectivity index (χ3n) is 4.68. The fraction of sp³-hybridized carbons (Fsp3) is 0.208. The van der Waals surface area contributed by atoms with E-state index in [1.54, 1.807) is 36.4 Å². The van der Waals surface area contributed by atoms with Crippen molar-refractivity contribution in [3.8, 4) is 11.5 Å².